The standard InChI is InChI=1S/C16H33N3OS.HI/c1-4-17-16(19-12-13-21-3)18-11-10-15(20-5-2)14-8-6-7-9-14;/h14-15H,4-13H2,1-3H3,(H2,17,18,19);1H. The van der Waals surface area contributed by atoms with Crippen molar-refractivity contribution in [3.05, 3.63) is 0 Å². The van der Waals surface area contributed by atoms with E-state index in [2.05, 4.69) is 35.7 Å². The van der Waals surface area contributed by atoms with Crippen LogP contribution in [0, 0.1) is 5.92 Å². The number of thioether (sulfide) groups is 1. The van der Waals surface area contributed by atoms with Gasteiger partial charge in [-0.1, -0.05) is 12.8 Å². The van der Waals surface area contributed by atoms with Gasteiger partial charge in [0.2, 0.25) is 0 Å². The average molecular weight is 443 g/mol. The topological polar surface area (TPSA) is 45.7 Å². The third-order valence-corrected chi connectivity index (χ3v) is 4.55. The first-order chi connectivity index (χ1) is 10.3. The van der Waals surface area contributed by atoms with Gasteiger partial charge in [-0.2, -0.15) is 11.8 Å². The van der Waals surface area contributed by atoms with E-state index in [4.69, 9.17) is 4.74 Å². The molecule has 0 aromatic heterocycles. The molecule has 1 atom stereocenters. The van der Waals surface area contributed by atoms with Gasteiger partial charge in [0, 0.05) is 32.0 Å². The summed E-state index contributed by atoms with van der Waals surface area (Å²) >= 11 is 1.85. The Morgan fingerprint density at radius 1 is 1.27 bits per heavy atom. The summed E-state index contributed by atoms with van der Waals surface area (Å²) in [4.78, 5) is 4.68. The predicted molar refractivity (Wildman–Crippen MR) is 110 cm³/mol. The molecule has 6 heteroatoms. The molecule has 0 saturated heterocycles. The highest BCUT2D eigenvalue weighted by molar-refractivity contribution is 14.0. The molecule has 0 heterocycles. The highest BCUT2D eigenvalue weighted by Gasteiger charge is 2.24. The molecule has 1 aliphatic rings. The van der Waals surface area contributed by atoms with Gasteiger partial charge in [-0.15, -0.1) is 24.0 Å². The van der Waals surface area contributed by atoms with Gasteiger partial charge >= 0.3 is 0 Å². The molecule has 4 nitrogen and oxygen atoms in total. The summed E-state index contributed by atoms with van der Waals surface area (Å²) in [5, 5.41) is 6.68. The second kappa shape index (κ2) is 14.9. The molecule has 2 N–H and O–H groups in total. The molecule has 0 amide bonds. The molecule has 1 rings (SSSR count). The van der Waals surface area contributed by atoms with Crippen molar-refractivity contribution < 1.29 is 4.74 Å². The Morgan fingerprint density at radius 2 is 2.00 bits per heavy atom. The second-order valence-electron chi connectivity index (χ2n) is 5.51. The maximum atomic E-state index is 5.95. The number of hydrogen-bond acceptors (Lipinski definition) is 3. The zero-order chi connectivity index (χ0) is 15.3. The van der Waals surface area contributed by atoms with Crippen molar-refractivity contribution in [2.45, 2.75) is 52.1 Å². The molecule has 0 radical (unpaired) electrons. The van der Waals surface area contributed by atoms with Gasteiger partial charge in [-0.25, -0.2) is 0 Å². The molecule has 0 aromatic rings. The number of aliphatic imine (C=N–C) groups is 1. The smallest absolute Gasteiger partial charge is 0.191 e. The zero-order valence-corrected chi connectivity index (χ0v) is 17.5. The molecule has 1 fully saturated rings. The molecule has 0 spiro atoms. The Bertz CT molecular complexity index is 287. The van der Waals surface area contributed by atoms with Crippen LogP contribution in [0.15, 0.2) is 4.99 Å². The summed E-state index contributed by atoms with van der Waals surface area (Å²) in [7, 11) is 0. The SMILES string of the molecule is CCNC(=NCCC(OCC)C1CCCC1)NCCSC.I. The van der Waals surface area contributed by atoms with Crippen LogP contribution >= 0.6 is 35.7 Å². The van der Waals surface area contributed by atoms with Gasteiger partial charge in [0.1, 0.15) is 0 Å². The van der Waals surface area contributed by atoms with Crippen molar-refractivity contribution in [1.82, 2.24) is 10.6 Å². The number of ether oxygens (including phenoxy) is 1. The molecule has 22 heavy (non-hydrogen) atoms. The van der Waals surface area contributed by atoms with Gasteiger partial charge in [0.25, 0.3) is 0 Å². The minimum Gasteiger partial charge on any atom is -0.378 e. The first-order valence-corrected chi connectivity index (χ1v) is 9.83. The minimum absolute atomic E-state index is 0. The van der Waals surface area contributed by atoms with E-state index in [9.17, 15) is 0 Å². The molecule has 0 bridgehead atoms. The molecule has 0 aromatic carbocycles. The number of hydrogen-bond donors (Lipinski definition) is 2. The lowest BCUT2D eigenvalue weighted by Crippen LogP contribution is -2.38. The summed E-state index contributed by atoms with van der Waals surface area (Å²) in [6.45, 7) is 7.73. The molecule has 1 aliphatic carbocycles. The van der Waals surface area contributed by atoms with Gasteiger partial charge < -0.3 is 15.4 Å². The van der Waals surface area contributed by atoms with Crippen LogP contribution in [0.25, 0.3) is 0 Å². The number of rotatable bonds is 10. The lowest BCUT2D eigenvalue weighted by molar-refractivity contribution is 0.0177. The van der Waals surface area contributed by atoms with Crippen molar-refractivity contribution in [2.75, 3.05) is 38.2 Å². The van der Waals surface area contributed by atoms with Gasteiger partial charge in [0.15, 0.2) is 5.96 Å². The van der Waals surface area contributed by atoms with Gasteiger partial charge in [-0.3, -0.25) is 4.99 Å². The van der Waals surface area contributed by atoms with E-state index >= 15 is 0 Å². The Hall–Kier alpha value is 0.310. The number of nitrogens with zero attached hydrogens (tertiary/aromatic N) is 1. The fourth-order valence-corrected chi connectivity index (χ4v) is 3.22. The Kier molecular flexibility index (Phi) is 15.1. The quantitative estimate of drug-likeness (QED) is 0.235. The normalized spacial score (nSPS) is 17.1. The first kappa shape index (κ1) is 22.3. The monoisotopic (exact) mass is 443 g/mol. The molecule has 1 unspecified atom stereocenters. The van der Waals surface area contributed by atoms with Crippen LogP contribution in [0.1, 0.15) is 46.0 Å². The maximum Gasteiger partial charge on any atom is 0.191 e. The maximum absolute atomic E-state index is 5.95. The summed E-state index contributed by atoms with van der Waals surface area (Å²) in [5.74, 6) is 2.80. The third kappa shape index (κ3) is 9.45. The number of halogens is 1. The first-order valence-electron chi connectivity index (χ1n) is 8.44. The van der Waals surface area contributed by atoms with Crippen LogP contribution in [-0.2, 0) is 4.74 Å². The molecule has 132 valence electrons. The predicted octanol–water partition coefficient (Wildman–Crippen LogP) is 3.51. The van der Waals surface area contributed by atoms with E-state index in [0.717, 1.165) is 50.3 Å². The Morgan fingerprint density at radius 3 is 2.59 bits per heavy atom. The van der Waals surface area contributed by atoms with Gasteiger partial charge in [0.05, 0.1) is 6.10 Å². The molecule has 0 aliphatic heterocycles. The average Bonchev–Trinajstić information content (AvgIpc) is 3.00. The summed E-state index contributed by atoms with van der Waals surface area (Å²) in [6.07, 6.45) is 8.97. The van der Waals surface area contributed by atoms with Crippen molar-refractivity contribution in [3.8, 4) is 0 Å². The van der Waals surface area contributed by atoms with Crippen LogP contribution in [0.2, 0.25) is 0 Å². The van der Waals surface area contributed by atoms with Crippen molar-refractivity contribution >= 4 is 41.7 Å². The van der Waals surface area contributed by atoms with E-state index in [1.165, 1.54) is 25.7 Å². The number of guanidine groups is 1. The van der Waals surface area contributed by atoms with Crippen molar-refractivity contribution in [1.29, 1.82) is 0 Å². The summed E-state index contributed by atoms with van der Waals surface area (Å²) in [5.41, 5.74) is 0. The fourth-order valence-electron chi connectivity index (χ4n) is 2.92. The van der Waals surface area contributed by atoms with Crippen LogP contribution in [-0.4, -0.2) is 50.3 Å². The van der Waals surface area contributed by atoms with E-state index < -0.39 is 0 Å². The molecule has 1 saturated carbocycles. The second-order valence-corrected chi connectivity index (χ2v) is 6.49. The number of nitrogens with one attached hydrogen (secondary N) is 2. The lowest BCUT2D eigenvalue weighted by atomic mass is 9.98. The summed E-state index contributed by atoms with van der Waals surface area (Å²) < 4.78 is 5.95. The van der Waals surface area contributed by atoms with Crippen molar-refractivity contribution in [2.24, 2.45) is 10.9 Å². The van der Waals surface area contributed by atoms with Crippen LogP contribution in [0.5, 0.6) is 0 Å². The van der Waals surface area contributed by atoms with Crippen LogP contribution < -0.4 is 10.6 Å². The van der Waals surface area contributed by atoms with E-state index in [1.54, 1.807) is 0 Å². The van der Waals surface area contributed by atoms with E-state index in [1.807, 2.05) is 11.8 Å². The lowest BCUT2D eigenvalue weighted by Gasteiger charge is -2.22. The Labute approximate surface area is 158 Å². The summed E-state index contributed by atoms with van der Waals surface area (Å²) in [6, 6.07) is 0. The molecular weight excluding hydrogens is 409 g/mol. The fraction of sp³-hybridized carbons (Fsp3) is 0.938. The van der Waals surface area contributed by atoms with Crippen molar-refractivity contribution in [3.63, 3.8) is 0 Å². The minimum atomic E-state index is 0. The largest absolute Gasteiger partial charge is 0.378 e. The van der Waals surface area contributed by atoms with Crippen LogP contribution in [0.3, 0.4) is 0 Å². The van der Waals surface area contributed by atoms with Gasteiger partial charge in [-0.05, 0) is 45.3 Å². The molecular formula is C16H34IN3OS. The highest BCUT2D eigenvalue weighted by Crippen LogP contribution is 2.30. The zero-order valence-electron chi connectivity index (χ0n) is 14.4. The highest BCUT2D eigenvalue weighted by atomic mass is 127. The van der Waals surface area contributed by atoms with Crippen LogP contribution in [0.4, 0.5) is 0 Å². The van der Waals surface area contributed by atoms with E-state index in [0.29, 0.717) is 6.10 Å². The Balaban J connectivity index is 0.00000441. The third-order valence-electron chi connectivity index (χ3n) is 3.93. The van der Waals surface area contributed by atoms with E-state index in [-0.39, 0.29) is 24.0 Å².